The zero-order valence-corrected chi connectivity index (χ0v) is 10.9. The van der Waals surface area contributed by atoms with Crippen LogP contribution in [0, 0.1) is 5.92 Å². The van der Waals surface area contributed by atoms with Crippen molar-refractivity contribution in [1.82, 2.24) is 4.90 Å². The van der Waals surface area contributed by atoms with Crippen molar-refractivity contribution in [3.05, 3.63) is 0 Å². The molecule has 1 saturated carbocycles. The zero-order valence-electron chi connectivity index (χ0n) is 10.9. The summed E-state index contributed by atoms with van der Waals surface area (Å²) in [5, 5.41) is 0. The third-order valence-corrected chi connectivity index (χ3v) is 3.51. The third kappa shape index (κ3) is 2.61. The molecule has 0 spiro atoms. The van der Waals surface area contributed by atoms with Gasteiger partial charge < -0.3 is 9.64 Å². The lowest BCUT2D eigenvalue weighted by atomic mass is 9.84. The average molecular weight is 239 g/mol. The van der Waals surface area contributed by atoms with Gasteiger partial charge in [0.2, 0.25) is 0 Å². The summed E-state index contributed by atoms with van der Waals surface area (Å²) in [4.78, 5) is 25.5. The maximum atomic E-state index is 12.0. The van der Waals surface area contributed by atoms with E-state index in [4.69, 9.17) is 4.74 Å². The lowest BCUT2D eigenvalue weighted by Crippen LogP contribution is -2.44. The zero-order chi connectivity index (χ0) is 12.6. The minimum absolute atomic E-state index is 0.0660. The van der Waals surface area contributed by atoms with Gasteiger partial charge in [-0.1, -0.05) is 0 Å². The van der Waals surface area contributed by atoms with Crippen LogP contribution in [0.2, 0.25) is 0 Å². The fraction of sp³-hybridized carbons (Fsp3) is 0.846. The molecule has 2 fully saturated rings. The molecule has 0 N–H and O–H groups in total. The number of carbonyl (C=O) groups excluding carboxylic acids is 2. The lowest BCUT2D eigenvalue weighted by Gasteiger charge is -2.32. The summed E-state index contributed by atoms with van der Waals surface area (Å²) in [5.41, 5.74) is -0.464. The van der Waals surface area contributed by atoms with E-state index in [2.05, 4.69) is 0 Å². The van der Waals surface area contributed by atoms with E-state index in [-0.39, 0.29) is 18.1 Å². The van der Waals surface area contributed by atoms with E-state index in [1.54, 1.807) is 4.90 Å². The summed E-state index contributed by atoms with van der Waals surface area (Å²) in [5.74, 6) is 0.392. The number of ketones is 1. The van der Waals surface area contributed by atoms with Gasteiger partial charge in [-0.25, -0.2) is 4.79 Å². The Labute approximate surface area is 102 Å². The largest absolute Gasteiger partial charge is 0.444 e. The Morgan fingerprint density at radius 3 is 2.71 bits per heavy atom. The minimum atomic E-state index is -0.464. The number of likely N-dealkylation sites (tertiary alicyclic amines) is 1. The van der Waals surface area contributed by atoms with Gasteiger partial charge in [-0.05, 0) is 40.0 Å². The summed E-state index contributed by atoms with van der Waals surface area (Å²) < 4.78 is 5.38. The Morgan fingerprint density at radius 1 is 1.35 bits per heavy atom. The van der Waals surface area contributed by atoms with Crippen molar-refractivity contribution in [2.24, 2.45) is 5.92 Å². The van der Waals surface area contributed by atoms with E-state index >= 15 is 0 Å². The molecule has 1 saturated heterocycles. The molecular formula is C13H21NO3. The second kappa shape index (κ2) is 4.31. The molecule has 4 heteroatoms. The lowest BCUT2D eigenvalue weighted by molar-refractivity contribution is -0.125. The Kier molecular flexibility index (Phi) is 3.15. The van der Waals surface area contributed by atoms with Crippen molar-refractivity contribution in [1.29, 1.82) is 0 Å². The van der Waals surface area contributed by atoms with Crippen molar-refractivity contribution in [2.75, 3.05) is 6.54 Å². The van der Waals surface area contributed by atoms with Crippen molar-refractivity contribution in [2.45, 2.75) is 58.1 Å². The van der Waals surface area contributed by atoms with Crippen LogP contribution in [-0.2, 0) is 9.53 Å². The quantitative estimate of drug-likeness (QED) is 0.652. The highest BCUT2D eigenvalue weighted by Gasteiger charge is 2.43. The van der Waals surface area contributed by atoms with Gasteiger partial charge in [0, 0.05) is 24.9 Å². The van der Waals surface area contributed by atoms with Gasteiger partial charge >= 0.3 is 6.09 Å². The van der Waals surface area contributed by atoms with Crippen LogP contribution in [0.4, 0.5) is 4.79 Å². The van der Waals surface area contributed by atoms with E-state index in [9.17, 15) is 9.59 Å². The molecule has 1 aliphatic carbocycles. The van der Waals surface area contributed by atoms with Crippen LogP contribution >= 0.6 is 0 Å². The number of amides is 1. The van der Waals surface area contributed by atoms with Gasteiger partial charge in [0.1, 0.15) is 11.4 Å². The van der Waals surface area contributed by atoms with Gasteiger partial charge in [-0.3, -0.25) is 4.79 Å². The van der Waals surface area contributed by atoms with Crippen LogP contribution in [0.25, 0.3) is 0 Å². The van der Waals surface area contributed by atoms with Crippen LogP contribution in [0.5, 0.6) is 0 Å². The first-order valence-corrected chi connectivity index (χ1v) is 6.41. The highest BCUT2D eigenvalue weighted by molar-refractivity contribution is 5.84. The Bertz CT molecular complexity index is 332. The molecule has 0 radical (unpaired) electrons. The third-order valence-electron chi connectivity index (χ3n) is 3.51. The first-order valence-electron chi connectivity index (χ1n) is 6.41. The molecular weight excluding hydrogens is 218 g/mol. The molecule has 2 atom stereocenters. The summed E-state index contributed by atoms with van der Waals surface area (Å²) >= 11 is 0. The van der Waals surface area contributed by atoms with E-state index in [1.165, 1.54) is 0 Å². The fourth-order valence-electron chi connectivity index (χ4n) is 2.80. The Balaban J connectivity index is 2.03. The number of nitrogens with zero attached hydrogens (tertiary/aromatic N) is 1. The predicted molar refractivity (Wildman–Crippen MR) is 63.7 cm³/mol. The van der Waals surface area contributed by atoms with Crippen LogP contribution in [0.1, 0.15) is 46.5 Å². The SMILES string of the molecule is CC(C)(C)OC(=O)N1CC[C@@H]2C(=O)CCC[C@H]21. The summed E-state index contributed by atoms with van der Waals surface area (Å²) in [6.07, 6.45) is 3.07. The minimum Gasteiger partial charge on any atom is -0.444 e. The summed E-state index contributed by atoms with van der Waals surface area (Å²) in [6.45, 7) is 6.26. The number of Topliss-reactive ketones (excluding diaryl/α,β-unsaturated/α-hetero) is 1. The smallest absolute Gasteiger partial charge is 0.410 e. The number of ether oxygens (including phenoxy) is 1. The maximum absolute atomic E-state index is 12.0. The van der Waals surface area contributed by atoms with Crippen LogP contribution in [-0.4, -0.2) is 35.0 Å². The average Bonchev–Trinajstić information content (AvgIpc) is 2.60. The second-order valence-electron chi connectivity index (χ2n) is 5.99. The Hall–Kier alpha value is -1.06. The molecule has 1 amide bonds. The van der Waals surface area contributed by atoms with Crippen LogP contribution in [0.15, 0.2) is 0 Å². The molecule has 0 unspecified atom stereocenters. The van der Waals surface area contributed by atoms with Crippen molar-refractivity contribution >= 4 is 11.9 Å². The first kappa shape index (κ1) is 12.4. The molecule has 0 aromatic heterocycles. The van der Waals surface area contributed by atoms with Crippen molar-refractivity contribution < 1.29 is 14.3 Å². The van der Waals surface area contributed by atoms with E-state index < -0.39 is 5.60 Å². The molecule has 1 aliphatic heterocycles. The number of hydrogen-bond acceptors (Lipinski definition) is 3. The monoisotopic (exact) mass is 239 g/mol. The van der Waals surface area contributed by atoms with E-state index in [0.29, 0.717) is 18.7 Å². The van der Waals surface area contributed by atoms with Gasteiger partial charge in [0.05, 0.1) is 0 Å². The predicted octanol–water partition coefficient (Wildman–Crippen LogP) is 2.37. The van der Waals surface area contributed by atoms with E-state index in [1.807, 2.05) is 20.8 Å². The molecule has 0 bridgehead atoms. The van der Waals surface area contributed by atoms with Gasteiger partial charge in [-0.15, -0.1) is 0 Å². The molecule has 2 aliphatic rings. The maximum Gasteiger partial charge on any atom is 0.410 e. The molecule has 1 heterocycles. The second-order valence-corrected chi connectivity index (χ2v) is 5.99. The molecule has 17 heavy (non-hydrogen) atoms. The topological polar surface area (TPSA) is 46.6 Å². The molecule has 4 nitrogen and oxygen atoms in total. The molecule has 0 aromatic carbocycles. The van der Waals surface area contributed by atoms with Crippen LogP contribution < -0.4 is 0 Å². The fourth-order valence-corrected chi connectivity index (χ4v) is 2.80. The summed E-state index contributed by atoms with van der Waals surface area (Å²) in [7, 11) is 0. The standard InChI is InChI=1S/C13H21NO3/c1-13(2,3)17-12(16)14-8-7-9-10(14)5-4-6-11(9)15/h9-10H,4-8H2,1-3H3/t9-,10+/m0/s1. The van der Waals surface area contributed by atoms with Gasteiger partial charge in [-0.2, -0.15) is 0 Å². The van der Waals surface area contributed by atoms with Gasteiger partial charge in [0.25, 0.3) is 0 Å². The van der Waals surface area contributed by atoms with Crippen LogP contribution in [0.3, 0.4) is 0 Å². The number of rotatable bonds is 0. The van der Waals surface area contributed by atoms with Crippen molar-refractivity contribution in [3.8, 4) is 0 Å². The highest BCUT2D eigenvalue weighted by Crippen LogP contribution is 2.34. The van der Waals surface area contributed by atoms with Crippen molar-refractivity contribution in [3.63, 3.8) is 0 Å². The molecule has 0 aromatic rings. The number of hydrogen-bond donors (Lipinski definition) is 0. The summed E-state index contributed by atoms with van der Waals surface area (Å²) in [6, 6.07) is 0.0890. The molecule has 2 rings (SSSR count). The highest BCUT2D eigenvalue weighted by atomic mass is 16.6. The molecule has 96 valence electrons. The van der Waals surface area contributed by atoms with Gasteiger partial charge in [0.15, 0.2) is 0 Å². The number of carbonyl (C=O) groups is 2. The Morgan fingerprint density at radius 2 is 2.06 bits per heavy atom. The first-order chi connectivity index (χ1) is 7.88. The van der Waals surface area contributed by atoms with E-state index in [0.717, 1.165) is 19.3 Å². The normalized spacial score (nSPS) is 29.1. The number of fused-ring (bicyclic) bond motifs is 1.